The quantitative estimate of drug-likeness (QED) is 0.243. The molecule has 1 amide bonds. The van der Waals surface area contributed by atoms with Crippen molar-refractivity contribution < 1.29 is 19.1 Å². The third-order valence-electron chi connectivity index (χ3n) is 6.08. The van der Waals surface area contributed by atoms with Gasteiger partial charge >= 0.3 is 5.97 Å². The minimum Gasteiger partial charge on any atom is -0.497 e. The maximum atomic E-state index is 14.0. The first kappa shape index (κ1) is 23.8. The summed E-state index contributed by atoms with van der Waals surface area (Å²) >= 11 is 0. The zero-order chi connectivity index (χ0) is 25.0. The lowest BCUT2D eigenvalue weighted by molar-refractivity contribution is -0.131. The van der Waals surface area contributed by atoms with Crippen LogP contribution in [0.5, 0.6) is 11.5 Å². The number of hydrogen-bond acceptors (Lipinski definition) is 4. The van der Waals surface area contributed by atoms with E-state index in [0.29, 0.717) is 11.3 Å². The van der Waals surface area contributed by atoms with E-state index in [1.54, 1.807) is 25.3 Å². The number of amides is 1. The second-order valence-electron chi connectivity index (χ2n) is 8.05. The molecule has 3 aromatic carbocycles. The molecule has 176 valence electrons. The SMILES string of the molecule is C=CC=CC(=CC)N1C(=O)c2ccccc2C1(c1ccc(OC)cc1)c1ccc(OC(C)=O)cc1. The van der Waals surface area contributed by atoms with Crippen LogP contribution in [0.3, 0.4) is 0 Å². The maximum Gasteiger partial charge on any atom is 0.308 e. The molecule has 0 bridgehead atoms. The number of hydrogen-bond donors (Lipinski definition) is 0. The fourth-order valence-corrected chi connectivity index (χ4v) is 4.65. The van der Waals surface area contributed by atoms with Gasteiger partial charge in [0.2, 0.25) is 0 Å². The molecule has 0 spiro atoms. The number of benzene rings is 3. The Hall–Kier alpha value is -4.38. The predicted octanol–water partition coefficient (Wildman–Crippen LogP) is 6.01. The van der Waals surface area contributed by atoms with Crippen molar-refractivity contribution >= 4 is 11.9 Å². The molecule has 1 unspecified atom stereocenters. The standard InChI is InChI=1S/C30H27NO4/c1-5-7-10-24(6-2)31-29(33)27-11-8-9-12-28(27)30(31,22-13-17-25(34-4)18-14-22)23-15-19-26(20-16-23)35-21(3)32/h5-20H,1H2,2-4H3. The Morgan fingerprint density at radius 1 is 0.943 bits per heavy atom. The lowest BCUT2D eigenvalue weighted by atomic mass is 9.76. The second-order valence-corrected chi connectivity index (χ2v) is 8.05. The number of rotatable bonds is 7. The first-order valence-electron chi connectivity index (χ1n) is 11.3. The van der Waals surface area contributed by atoms with Gasteiger partial charge in [-0.15, -0.1) is 0 Å². The smallest absolute Gasteiger partial charge is 0.308 e. The number of carbonyl (C=O) groups is 2. The van der Waals surface area contributed by atoms with E-state index in [1.807, 2.05) is 90.7 Å². The summed E-state index contributed by atoms with van der Waals surface area (Å²) in [4.78, 5) is 27.3. The molecule has 0 saturated carbocycles. The third kappa shape index (κ3) is 4.06. The Balaban J connectivity index is 2.06. The number of methoxy groups -OCH3 is 1. The number of allylic oxidation sites excluding steroid dienone is 4. The van der Waals surface area contributed by atoms with Crippen molar-refractivity contribution in [1.29, 1.82) is 0 Å². The van der Waals surface area contributed by atoms with E-state index in [2.05, 4.69) is 6.58 Å². The topological polar surface area (TPSA) is 55.8 Å². The van der Waals surface area contributed by atoms with Gasteiger partial charge in [-0.3, -0.25) is 14.5 Å². The molecule has 3 aromatic rings. The van der Waals surface area contributed by atoms with Gasteiger partial charge in [-0.25, -0.2) is 0 Å². The normalized spacial score (nSPS) is 17.4. The van der Waals surface area contributed by atoms with Crippen LogP contribution in [0.15, 0.2) is 109 Å². The molecule has 1 heterocycles. The van der Waals surface area contributed by atoms with Crippen LogP contribution < -0.4 is 9.47 Å². The van der Waals surface area contributed by atoms with E-state index in [9.17, 15) is 9.59 Å². The summed E-state index contributed by atoms with van der Waals surface area (Å²) in [6.45, 7) is 7.05. The number of nitrogens with zero attached hydrogens (tertiary/aromatic N) is 1. The Kier molecular flexibility index (Phi) is 6.69. The summed E-state index contributed by atoms with van der Waals surface area (Å²) in [5, 5.41) is 0. The molecule has 35 heavy (non-hydrogen) atoms. The van der Waals surface area contributed by atoms with Crippen molar-refractivity contribution in [1.82, 2.24) is 4.90 Å². The molecule has 5 heteroatoms. The molecular formula is C30H27NO4. The maximum absolute atomic E-state index is 14.0. The zero-order valence-corrected chi connectivity index (χ0v) is 20.0. The van der Waals surface area contributed by atoms with Gasteiger partial charge in [0.15, 0.2) is 0 Å². The van der Waals surface area contributed by atoms with Crippen LogP contribution >= 0.6 is 0 Å². The van der Waals surface area contributed by atoms with Crippen molar-refractivity contribution in [2.24, 2.45) is 0 Å². The van der Waals surface area contributed by atoms with E-state index in [-0.39, 0.29) is 5.91 Å². The number of esters is 1. The summed E-state index contributed by atoms with van der Waals surface area (Å²) in [6.07, 6.45) is 7.28. The summed E-state index contributed by atoms with van der Waals surface area (Å²) in [7, 11) is 1.62. The molecule has 0 N–H and O–H groups in total. The third-order valence-corrected chi connectivity index (χ3v) is 6.08. The van der Waals surface area contributed by atoms with Crippen LogP contribution in [-0.2, 0) is 10.3 Å². The highest BCUT2D eigenvalue weighted by molar-refractivity contribution is 6.03. The van der Waals surface area contributed by atoms with Gasteiger partial charge in [0, 0.05) is 18.2 Å². The Labute approximate surface area is 205 Å². The number of fused-ring (bicyclic) bond motifs is 1. The average Bonchev–Trinajstić information content (AvgIpc) is 3.14. The molecule has 1 aliphatic heterocycles. The summed E-state index contributed by atoms with van der Waals surface area (Å²) in [5.74, 6) is 0.655. The van der Waals surface area contributed by atoms with E-state index >= 15 is 0 Å². The number of carbonyl (C=O) groups excluding carboxylic acids is 2. The highest BCUT2D eigenvalue weighted by atomic mass is 16.5. The van der Waals surface area contributed by atoms with Crippen molar-refractivity contribution in [2.45, 2.75) is 19.4 Å². The van der Waals surface area contributed by atoms with Crippen LogP contribution in [0.4, 0.5) is 0 Å². The van der Waals surface area contributed by atoms with E-state index in [0.717, 1.165) is 28.1 Å². The van der Waals surface area contributed by atoms with Gasteiger partial charge in [-0.1, -0.05) is 67.3 Å². The molecule has 1 aliphatic rings. The molecule has 0 aromatic heterocycles. The Bertz CT molecular complexity index is 1320. The van der Waals surface area contributed by atoms with Gasteiger partial charge in [0.1, 0.15) is 17.0 Å². The van der Waals surface area contributed by atoms with Gasteiger partial charge < -0.3 is 9.47 Å². The van der Waals surface area contributed by atoms with Gasteiger partial charge in [0.25, 0.3) is 5.91 Å². The minimum absolute atomic E-state index is 0.109. The summed E-state index contributed by atoms with van der Waals surface area (Å²) in [5.41, 5.74) is 2.99. The summed E-state index contributed by atoms with van der Waals surface area (Å²) < 4.78 is 10.7. The average molecular weight is 466 g/mol. The zero-order valence-electron chi connectivity index (χ0n) is 20.0. The molecular weight excluding hydrogens is 438 g/mol. The van der Waals surface area contributed by atoms with Gasteiger partial charge in [-0.05, 0) is 60.0 Å². The van der Waals surface area contributed by atoms with E-state index < -0.39 is 11.5 Å². The lowest BCUT2D eigenvalue weighted by Crippen LogP contribution is -2.44. The molecule has 1 atom stereocenters. The van der Waals surface area contributed by atoms with Crippen LogP contribution in [0.25, 0.3) is 0 Å². The highest BCUT2D eigenvalue weighted by Gasteiger charge is 2.53. The van der Waals surface area contributed by atoms with Crippen LogP contribution in [-0.4, -0.2) is 23.9 Å². The lowest BCUT2D eigenvalue weighted by Gasteiger charge is -2.41. The first-order valence-corrected chi connectivity index (χ1v) is 11.3. The fraction of sp³-hybridized carbons (Fsp3) is 0.133. The summed E-state index contributed by atoms with van der Waals surface area (Å²) in [6, 6.07) is 22.7. The van der Waals surface area contributed by atoms with Crippen molar-refractivity contribution in [3.05, 3.63) is 132 Å². The predicted molar refractivity (Wildman–Crippen MR) is 136 cm³/mol. The molecule has 0 aliphatic carbocycles. The highest BCUT2D eigenvalue weighted by Crippen LogP contribution is 2.51. The van der Waals surface area contributed by atoms with Gasteiger partial charge in [-0.2, -0.15) is 0 Å². The molecule has 0 fully saturated rings. The molecule has 0 radical (unpaired) electrons. The molecule has 5 nitrogen and oxygen atoms in total. The number of ether oxygens (including phenoxy) is 2. The van der Waals surface area contributed by atoms with Crippen molar-refractivity contribution in [3.63, 3.8) is 0 Å². The molecule has 0 saturated heterocycles. The van der Waals surface area contributed by atoms with Crippen LogP contribution in [0.1, 0.15) is 40.9 Å². The fourth-order valence-electron chi connectivity index (χ4n) is 4.65. The molecule has 4 rings (SSSR count). The van der Waals surface area contributed by atoms with E-state index in [1.165, 1.54) is 6.92 Å². The largest absolute Gasteiger partial charge is 0.497 e. The second kappa shape index (κ2) is 9.85. The van der Waals surface area contributed by atoms with Crippen molar-refractivity contribution in [3.8, 4) is 11.5 Å². The van der Waals surface area contributed by atoms with E-state index in [4.69, 9.17) is 9.47 Å². The van der Waals surface area contributed by atoms with Crippen molar-refractivity contribution in [2.75, 3.05) is 7.11 Å². The monoisotopic (exact) mass is 465 g/mol. The van der Waals surface area contributed by atoms with Crippen LogP contribution in [0.2, 0.25) is 0 Å². The Morgan fingerprint density at radius 3 is 2.09 bits per heavy atom. The first-order chi connectivity index (χ1) is 17.0. The Morgan fingerprint density at radius 2 is 1.54 bits per heavy atom. The minimum atomic E-state index is -0.970. The van der Waals surface area contributed by atoms with Gasteiger partial charge in [0.05, 0.1) is 7.11 Å². The van der Waals surface area contributed by atoms with Crippen LogP contribution in [0, 0.1) is 0 Å².